The van der Waals surface area contributed by atoms with Crippen LogP contribution in [0.3, 0.4) is 0 Å². The number of carbonyl (C=O) groups is 1. The van der Waals surface area contributed by atoms with Crippen molar-refractivity contribution >= 4 is 5.91 Å². The summed E-state index contributed by atoms with van der Waals surface area (Å²) in [6.45, 7) is 2.08. The molecular weight excluding hydrogens is 188 g/mol. The Morgan fingerprint density at radius 1 is 1.33 bits per heavy atom. The van der Waals surface area contributed by atoms with Crippen LogP contribution in [0.4, 0.5) is 0 Å². The molecule has 2 fully saturated rings. The molecule has 1 aliphatic heterocycles. The van der Waals surface area contributed by atoms with Crippen molar-refractivity contribution in [1.82, 2.24) is 10.2 Å². The molecule has 0 aromatic heterocycles. The molecule has 1 unspecified atom stereocenters. The van der Waals surface area contributed by atoms with Gasteiger partial charge in [-0.1, -0.05) is 6.42 Å². The molecule has 1 saturated heterocycles. The van der Waals surface area contributed by atoms with Crippen LogP contribution in [0.15, 0.2) is 0 Å². The third-order valence-corrected chi connectivity index (χ3v) is 3.81. The highest BCUT2D eigenvalue weighted by molar-refractivity contribution is 5.79. The first kappa shape index (κ1) is 10.9. The van der Waals surface area contributed by atoms with Gasteiger partial charge in [0, 0.05) is 25.6 Å². The Hall–Kier alpha value is -0.570. The third-order valence-electron chi connectivity index (χ3n) is 3.81. The van der Waals surface area contributed by atoms with E-state index in [4.69, 9.17) is 0 Å². The normalized spacial score (nSPS) is 26.3. The first-order valence-corrected chi connectivity index (χ1v) is 6.26. The van der Waals surface area contributed by atoms with Crippen LogP contribution >= 0.6 is 0 Å². The van der Waals surface area contributed by atoms with Crippen LogP contribution < -0.4 is 5.32 Å². The average molecular weight is 210 g/mol. The van der Waals surface area contributed by atoms with Gasteiger partial charge in [0.25, 0.3) is 0 Å². The predicted octanol–water partition coefficient (Wildman–Crippen LogP) is 1.39. The summed E-state index contributed by atoms with van der Waals surface area (Å²) < 4.78 is 0. The van der Waals surface area contributed by atoms with Crippen molar-refractivity contribution in [3.63, 3.8) is 0 Å². The summed E-state index contributed by atoms with van der Waals surface area (Å²) in [6, 6.07) is 0.654. The molecule has 3 nitrogen and oxygen atoms in total. The summed E-state index contributed by atoms with van der Waals surface area (Å²) in [5.74, 6) is 0.728. The van der Waals surface area contributed by atoms with E-state index >= 15 is 0 Å². The Kier molecular flexibility index (Phi) is 3.62. The number of carbonyl (C=O) groups excluding carboxylic acids is 1. The summed E-state index contributed by atoms with van der Waals surface area (Å²) in [7, 11) is 1.95. The SMILES string of the molecule is CN(CCC1CCCN1)C(=O)C1CCC1. The molecule has 1 atom stereocenters. The second-order valence-electron chi connectivity index (χ2n) is 4.97. The fraction of sp³-hybridized carbons (Fsp3) is 0.917. The Morgan fingerprint density at radius 2 is 2.13 bits per heavy atom. The Balaban J connectivity index is 1.66. The number of hydrogen-bond donors (Lipinski definition) is 1. The number of rotatable bonds is 4. The van der Waals surface area contributed by atoms with Gasteiger partial charge in [0.05, 0.1) is 0 Å². The molecule has 0 bridgehead atoms. The minimum atomic E-state index is 0.353. The third kappa shape index (κ3) is 2.71. The molecule has 2 aliphatic rings. The van der Waals surface area contributed by atoms with Gasteiger partial charge in [-0.25, -0.2) is 0 Å². The topological polar surface area (TPSA) is 32.3 Å². The first-order chi connectivity index (χ1) is 7.27. The van der Waals surface area contributed by atoms with Crippen molar-refractivity contribution in [2.24, 2.45) is 5.92 Å². The van der Waals surface area contributed by atoms with E-state index < -0.39 is 0 Å². The summed E-state index contributed by atoms with van der Waals surface area (Å²) >= 11 is 0. The van der Waals surface area contributed by atoms with Crippen LogP contribution in [0, 0.1) is 5.92 Å². The molecule has 1 heterocycles. The predicted molar refractivity (Wildman–Crippen MR) is 60.6 cm³/mol. The second kappa shape index (κ2) is 4.97. The van der Waals surface area contributed by atoms with Crippen LogP contribution in [0.25, 0.3) is 0 Å². The van der Waals surface area contributed by atoms with E-state index in [9.17, 15) is 4.79 Å². The van der Waals surface area contributed by atoms with Crippen LogP contribution in [0.5, 0.6) is 0 Å². The summed E-state index contributed by atoms with van der Waals surface area (Å²) in [5.41, 5.74) is 0. The molecule has 0 aromatic carbocycles. The lowest BCUT2D eigenvalue weighted by atomic mass is 9.84. The van der Waals surface area contributed by atoms with Crippen LogP contribution in [0.2, 0.25) is 0 Å². The van der Waals surface area contributed by atoms with E-state index in [2.05, 4.69) is 5.32 Å². The lowest BCUT2D eigenvalue weighted by Crippen LogP contribution is -2.38. The fourth-order valence-electron chi connectivity index (χ4n) is 2.43. The number of amides is 1. The van der Waals surface area contributed by atoms with E-state index in [0.29, 0.717) is 17.9 Å². The van der Waals surface area contributed by atoms with Crippen molar-refractivity contribution in [3.8, 4) is 0 Å². The minimum absolute atomic E-state index is 0.353. The van der Waals surface area contributed by atoms with Gasteiger partial charge in [-0.3, -0.25) is 4.79 Å². The minimum Gasteiger partial charge on any atom is -0.345 e. The van der Waals surface area contributed by atoms with E-state index in [0.717, 1.165) is 32.4 Å². The molecule has 86 valence electrons. The molecule has 1 saturated carbocycles. The molecule has 0 radical (unpaired) electrons. The number of nitrogens with one attached hydrogen (secondary N) is 1. The second-order valence-corrected chi connectivity index (χ2v) is 4.97. The lowest BCUT2D eigenvalue weighted by molar-refractivity contribution is -0.136. The molecule has 1 amide bonds. The van der Waals surface area contributed by atoms with Crippen LogP contribution in [-0.4, -0.2) is 37.0 Å². The van der Waals surface area contributed by atoms with Gasteiger partial charge in [0.2, 0.25) is 5.91 Å². The molecule has 2 rings (SSSR count). The number of nitrogens with zero attached hydrogens (tertiary/aromatic N) is 1. The van der Waals surface area contributed by atoms with E-state index in [1.54, 1.807) is 0 Å². The van der Waals surface area contributed by atoms with Crippen molar-refractivity contribution in [2.75, 3.05) is 20.1 Å². The average Bonchev–Trinajstić information content (AvgIpc) is 2.63. The van der Waals surface area contributed by atoms with Crippen LogP contribution in [0.1, 0.15) is 38.5 Å². The Bertz CT molecular complexity index is 220. The standard InChI is InChI=1S/C12H22N2O/c1-14(12(15)10-4-2-5-10)9-7-11-6-3-8-13-11/h10-11,13H,2-9H2,1H3. The number of hydrogen-bond acceptors (Lipinski definition) is 2. The van der Waals surface area contributed by atoms with E-state index in [1.807, 2.05) is 11.9 Å². The molecule has 3 heteroatoms. The highest BCUT2D eigenvalue weighted by Gasteiger charge is 2.28. The van der Waals surface area contributed by atoms with Gasteiger partial charge >= 0.3 is 0 Å². The van der Waals surface area contributed by atoms with Gasteiger partial charge in [-0.2, -0.15) is 0 Å². The van der Waals surface area contributed by atoms with Gasteiger partial charge in [-0.15, -0.1) is 0 Å². The fourth-order valence-corrected chi connectivity index (χ4v) is 2.43. The Labute approximate surface area is 92.2 Å². The largest absolute Gasteiger partial charge is 0.345 e. The zero-order valence-electron chi connectivity index (χ0n) is 9.67. The van der Waals surface area contributed by atoms with Gasteiger partial charge in [-0.05, 0) is 38.6 Å². The van der Waals surface area contributed by atoms with Crippen molar-refractivity contribution in [2.45, 2.75) is 44.6 Å². The molecular formula is C12H22N2O. The van der Waals surface area contributed by atoms with E-state index in [-0.39, 0.29) is 0 Å². The van der Waals surface area contributed by atoms with Crippen molar-refractivity contribution < 1.29 is 4.79 Å². The van der Waals surface area contributed by atoms with Gasteiger partial charge in [0.15, 0.2) is 0 Å². The lowest BCUT2D eigenvalue weighted by Gasteiger charge is -2.29. The Morgan fingerprint density at radius 3 is 2.67 bits per heavy atom. The van der Waals surface area contributed by atoms with Gasteiger partial charge in [0.1, 0.15) is 0 Å². The zero-order valence-corrected chi connectivity index (χ0v) is 9.67. The summed E-state index contributed by atoms with van der Waals surface area (Å²) in [4.78, 5) is 13.8. The molecule has 0 spiro atoms. The van der Waals surface area contributed by atoms with Crippen molar-refractivity contribution in [3.05, 3.63) is 0 Å². The van der Waals surface area contributed by atoms with Crippen LogP contribution in [-0.2, 0) is 4.79 Å². The van der Waals surface area contributed by atoms with Gasteiger partial charge < -0.3 is 10.2 Å². The van der Waals surface area contributed by atoms with E-state index in [1.165, 1.54) is 19.3 Å². The van der Waals surface area contributed by atoms with Crippen molar-refractivity contribution in [1.29, 1.82) is 0 Å². The monoisotopic (exact) mass is 210 g/mol. The maximum absolute atomic E-state index is 11.8. The first-order valence-electron chi connectivity index (χ1n) is 6.26. The zero-order chi connectivity index (χ0) is 10.7. The molecule has 1 aliphatic carbocycles. The highest BCUT2D eigenvalue weighted by Crippen LogP contribution is 2.27. The summed E-state index contributed by atoms with van der Waals surface area (Å²) in [5, 5.41) is 3.47. The maximum Gasteiger partial charge on any atom is 0.225 e. The quantitative estimate of drug-likeness (QED) is 0.760. The smallest absolute Gasteiger partial charge is 0.225 e. The molecule has 1 N–H and O–H groups in total. The maximum atomic E-state index is 11.8. The summed E-state index contributed by atoms with van der Waals surface area (Å²) in [6.07, 6.45) is 7.18. The highest BCUT2D eigenvalue weighted by atomic mass is 16.2. The molecule has 0 aromatic rings. The molecule has 15 heavy (non-hydrogen) atoms.